The Morgan fingerprint density at radius 2 is 0.724 bits per heavy atom. The number of ether oxygens (including phenoxy) is 4. The minimum Gasteiger partial charge on any atom is -0.462 e. The van der Waals surface area contributed by atoms with Crippen LogP contribution in [0.3, 0.4) is 0 Å². The van der Waals surface area contributed by atoms with Gasteiger partial charge in [-0.3, -0.25) is 37.3 Å². The molecule has 0 bridgehead atoms. The summed E-state index contributed by atoms with van der Waals surface area (Å²) in [7, 11) is -9.11. The summed E-state index contributed by atoms with van der Waals surface area (Å²) in [5.74, 6) is -1.98. The van der Waals surface area contributed by atoms with Crippen molar-refractivity contribution in [3.05, 3.63) is 0 Å². The summed E-state index contributed by atoms with van der Waals surface area (Å²) >= 11 is 0. The third-order valence-electron chi connectivity index (χ3n) is 7.52. The van der Waals surface area contributed by atoms with Gasteiger partial charge < -0.3 is 49.2 Å². The average molecular weight is 885 g/mol. The van der Waals surface area contributed by atoms with Crippen molar-refractivity contribution in [3.63, 3.8) is 0 Å². The highest BCUT2D eigenvalue weighted by Gasteiger charge is 2.28. The largest absolute Gasteiger partial charge is 0.472 e. The summed E-state index contributed by atoms with van der Waals surface area (Å²) < 4.78 is 62.8. The molecule has 6 N–H and O–H groups in total. The van der Waals surface area contributed by atoms with Crippen LogP contribution < -0.4 is 0 Å². The lowest BCUT2D eigenvalue weighted by atomic mass is 10.2. The maximum Gasteiger partial charge on any atom is 0.472 e. The van der Waals surface area contributed by atoms with Gasteiger partial charge in [0.2, 0.25) is 0 Å². The van der Waals surface area contributed by atoms with Crippen LogP contribution in [0.15, 0.2) is 0 Å². The van der Waals surface area contributed by atoms with Gasteiger partial charge in [0, 0.05) is 25.7 Å². The molecular formula is C36H70O20P2. The van der Waals surface area contributed by atoms with Crippen molar-refractivity contribution < 1.29 is 95.6 Å². The van der Waals surface area contributed by atoms with Gasteiger partial charge in [-0.1, -0.05) is 79.1 Å². The van der Waals surface area contributed by atoms with Gasteiger partial charge in [0.15, 0.2) is 12.2 Å². The van der Waals surface area contributed by atoms with Crippen LogP contribution in [-0.4, -0.2) is 131 Å². The van der Waals surface area contributed by atoms with Crippen LogP contribution in [0.2, 0.25) is 0 Å². The summed E-state index contributed by atoms with van der Waals surface area (Å²) in [5.41, 5.74) is 0. The number of phosphoric acid groups is 2. The highest BCUT2D eigenvalue weighted by Crippen LogP contribution is 2.44. The van der Waals surface area contributed by atoms with Crippen molar-refractivity contribution in [2.75, 3.05) is 52.9 Å². The van der Waals surface area contributed by atoms with E-state index >= 15 is 0 Å². The molecule has 0 saturated heterocycles. The quantitative estimate of drug-likeness (QED) is 0.0223. The van der Waals surface area contributed by atoms with Gasteiger partial charge in [-0.15, -0.1) is 0 Å². The van der Waals surface area contributed by atoms with E-state index < -0.39 is 104 Å². The smallest absolute Gasteiger partial charge is 0.462 e. The fourth-order valence-corrected chi connectivity index (χ4v) is 5.79. The third-order valence-corrected chi connectivity index (χ3v) is 9.42. The Hall–Kier alpha value is -2.06. The summed E-state index contributed by atoms with van der Waals surface area (Å²) in [6, 6.07) is 0. The number of unbranched alkanes of at least 4 members (excludes halogenated alkanes) is 8. The Kier molecular flexibility index (Phi) is 36.8. The van der Waals surface area contributed by atoms with Crippen LogP contribution in [0, 0.1) is 0 Å². The molecule has 0 aliphatic heterocycles. The molecule has 0 aromatic heterocycles. The Morgan fingerprint density at radius 3 is 1.00 bits per heavy atom. The Balaban J connectivity index is 0. The summed E-state index contributed by atoms with van der Waals surface area (Å²) in [5, 5.41) is 35.7. The summed E-state index contributed by atoms with van der Waals surface area (Å²) in [6.07, 6.45) is 5.87. The molecule has 0 amide bonds. The molecule has 344 valence electrons. The van der Waals surface area contributed by atoms with Crippen LogP contribution in [-0.2, 0) is 65.4 Å². The second-order valence-corrected chi connectivity index (χ2v) is 16.1. The predicted molar refractivity (Wildman–Crippen MR) is 208 cm³/mol. The van der Waals surface area contributed by atoms with Crippen LogP contribution >= 0.6 is 15.6 Å². The predicted octanol–water partition coefficient (Wildman–Crippen LogP) is 4.18. The van der Waals surface area contributed by atoms with Crippen molar-refractivity contribution >= 4 is 39.5 Å². The minimum atomic E-state index is -4.55. The highest BCUT2D eigenvalue weighted by atomic mass is 31.2. The van der Waals surface area contributed by atoms with E-state index in [0.29, 0.717) is 25.7 Å². The van der Waals surface area contributed by atoms with E-state index in [2.05, 4.69) is 9.05 Å². The molecule has 0 heterocycles. The monoisotopic (exact) mass is 884 g/mol. The van der Waals surface area contributed by atoms with Gasteiger partial charge in [-0.05, 0) is 25.7 Å². The fourth-order valence-electron chi connectivity index (χ4n) is 4.21. The van der Waals surface area contributed by atoms with Gasteiger partial charge in [0.1, 0.15) is 25.4 Å². The Morgan fingerprint density at radius 1 is 0.448 bits per heavy atom. The van der Waals surface area contributed by atoms with E-state index in [9.17, 15) is 38.1 Å². The van der Waals surface area contributed by atoms with Crippen LogP contribution in [0.1, 0.15) is 130 Å². The first-order chi connectivity index (χ1) is 27.5. The average Bonchev–Trinajstić information content (AvgIpc) is 3.18. The number of carbonyl (C=O) groups excluding carboxylic acids is 4. The van der Waals surface area contributed by atoms with E-state index in [1.807, 2.05) is 27.7 Å². The zero-order valence-electron chi connectivity index (χ0n) is 34.6. The molecule has 0 aliphatic carbocycles. The first-order valence-corrected chi connectivity index (χ1v) is 23.0. The zero-order chi connectivity index (χ0) is 44.2. The molecule has 0 radical (unpaired) electrons. The van der Waals surface area contributed by atoms with Crippen LogP contribution in [0.5, 0.6) is 0 Å². The summed E-state index contributed by atoms with van der Waals surface area (Å²) in [6.45, 7) is 3.77. The van der Waals surface area contributed by atoms with Gasteiger partial charge in [0.05, 0.1) is 39.6 Å². The number of rotatable bonds is 36. The second-order valence-electron chi connectivity index (χ2n) is 13.2. The SMILES string of the molecule is CCCCCC(=O)OC[C@H](COP(=O)(O)OCC(O)CO)OC(=O)CCCCC.CCCCCC(=O)OC[C@H](COP(=O)(O)OCC(O)CO)OC(=O)CCCCC. The standard InChI is InChI=1S/2C18H35O10P/c2*1-3-5-7-9-17(21)25-13-16(28-18(22)10-8-6-4-2)14-27-29(23,24)26-12-15(20)11-19/h2*15-16,19-20H,3-14H2,1-2H3,(H,23,24)/t2*15?,16-/m11/s1. The van der Waals surface area contributed by atoms with E-state index in [0.717, 1.165) is 51.4 Å². The molecule has 0 aromatic carbocycles. The van der Waals surface area contributed by atoms with Gasteiger partial charge in [-0.2, -0.15) is 0 Å². The van der Waals surface area contributed by atoms with Crippen molar-refractivity contribution in [2.45, 2.75) is 155 Å². The van der Waals surface area contributed by atoms with E-state index in [1.54, 1.807) is 0 Å². The van der Waals surface area contributed by atoms with E-state index in [4.69, 9.17) is 48.4 Å². The van der Waals surface area contributed by atoms with Gasteiger partial charge >= 0.3 is 39.5 Å². The van der Waals surface area contributed by atoms with E-state index in [-0.39, 0.29) is 38.9 Å². The zero-order valence-corrected chi connectivity index (χ0v) is 36.4. The molecule has 4 unspecified atom stereocenters. The molecule has 0 spiro atoms. The molecule has 6 atom stereocenters. The number of esters is 4. The Bertz CT molecular complexity index is 1090. The topological polar surface area (TPSA) is 298 Å². The molecule has 0 aliphatic rings. The minimum absolute atomic E-state index is 0.171. The highest BCUT2D eigenvalue weighted by molar-refractivity contribution is 7.47. The first-order valence-electron chi connectivity index (χ1n) is 20.0. The van der Waals surface area contributed by atoms with Gasteiger partial charge in [0.25, 0.3) is 0 Å². The summed E-state index contributed by atoms with van der Waals surface area (Å²) in [4.78, 5) is 66.5. The lowest BCUT2D eigenvalue weighted by Gasteiger charge is -2.20. The molecule has 20 nitrogen and oxygen atoms in total. The number of hydrogen-bond donors (Lipinski definition) is 6. The molecule has 22 heteroatoms. The normalized spacial score (nSPS) is 15.3. The molecule has 0 fully saturated rings. The number of aliphatic hydroxyl groups is 4. The molecule has 0 aromatic rings. The lowest BCUT2D eigenvalue weighted by molar-refractivity contribution is -0.161. The van der Waals surface area contributed by atoms with Gasteiger partial charge in [-0.25, -0.2) is 9.13 Å². The van der Waals surface area contributed by atoms with Crippen molar-refractivity contribution in [1.82, 2.24) is 0 Å². The van der Waals surface area contributed by atoms with Crippen LogP contribution in [0.4, 0.5) is 0 Å². The second kappa shape index (κ2) is 36.8. The van der Waals surface area contributed by atoms with Crippen molar-refractivity contribution in [1.29, 1.82) is 0 Å². The fraction of sp³-hybridized carbons (Fsp3) is 0.889. The number of hydrogen-bond acceptors (Lipinski definition) is 18. The third kappa shape index (κ3) is 37.0. The number of aliphatic hydroxyl groups excluding tert-OH is 4. The van der Waals surface area contributed by atoms with E-state index in [1.165, 1.54) is 0 Å². The maximum absolute atomic E-state index is 11.9. The Labute approximate surface area is 342 Å². The van der Waals surface area contributed by atoms with Crippen molar-refractivity contribution in [3.8, 4) is 0 Å². The van der Waals surface area contributed by atoms with Crippen molar-refractivity contribution in [2.24, 2.45) is 0 Å². The molecule has 58 heavy (non-hydrogen) atoms. The molecular weight excluding hydrogens is 814 g/mol. The van der Waals surface area contributed by atoms with Crippen LogP contribution in [0.25, 0.3) is 0 Å². The number of carbonyl (C=O) groups is 4. The lowest BCUT2D eigenvalue weighted by Crippen LogP contribution is -2.29. The maximum atomic E-state index is 11.9. The molecule has 0 rings (SSSR count). The molecule has 0 saturated carbocycles. The first kappa shape index (κ1) is 58.0. The number of phosphoric ester groups is 2.